The molecule has 17 heavy (non-hydrogen) atoms. The molecule has 0 amide bonds. The molecule has 1 aromatic rings. The zero-order valence-electron chi connectivity index (χ0n) is 11.2. The molecule has 2 nitrogen and oxygen atoms in total. The Balaban J connectivity index is 2.82. The number of nitrogens with zero attached hydrogens (tertiary/aromatic N) is 1. The molecular formula is C14H20NOS+. The number of methoxy groups -OCH3 is 1. The van der Waals surface area contributed by atoms with E-state index < -0.39 is 0 Å². The first-order valence-corrected chi connectivity index (χ1v) is 6.75. The van der Waals surface area contributed by atoms with Crippen molar-refractivity contribution in [2.24, 2.45) is 0 Å². The Morgan fingerprint density at radius 3 is 2.18 bits per heavy atom. The first-order valence-electron chi connectivity index (χ1n) is 5.47. The molecule has 0 aliphatic rings. The SMILES string of the molecule is COc1ccc(C#CC(SC)[N+](C)(C)C)cc1. The van der Waals surface area contributed by atoms with E-state index in [4.69, 9.17) is 4.74 Å². The third-order valence-electron chi connectivity index (χ3n) is 2.36. The van der Waals surface area contributed by atoms with Crippen molar-refractivity contribution >= 4 is 11.8 Å². The van der Waals surface area contributed by atoms with Gasteiger partial charge >= 0.3 is 0 Å². The molecule has 1 aromatic carbocycles. The molecule has 0 bridgehead atoms. The highest BCUT2D eigenvalue weighted by molar-refractivity contribution is 7.99. The Hall–Kier alpha value is -1.11. The maximum atomic E-state index is 5.11. The Morgan fingerprint density at radius 1 is 1.18 bits per heavy atom. The van der Waals surface area contributed by atoms with E-state index in [0.717, 1.165) is 15.8 Å². The molecule has 0 radical (unpaired) electrons. The van der Waals surface area contributed by atoms with Crippen molar-refractivity contribution in [1.82, 2.24) is 0 Å². The molecule has 0 aromatic heterocycles. The van der Waals surface area contributed by atoms with Crippen LogP contribution in [0.15, 0.2) is 24.3 Å². The molecular weight excluding hydrogens is 230 g/mol. The van der Waals surface area contributed by atoms with E-state index in [2.05, 4.69) is 39.2 Å². The number of thioether (sulfide) groups is 1. The summed E-state index contributed by atoms with van der Waals surface area (Å²) in [4.78, 5) is 0. The fourth-order valence-corrected chi connectivity index (χ4v) is 2.20. The van der Waals surface area contributed by atoms with Crippen LogP contribution in [-0.4, -0.2) is 44.4 Å². The Kier molecular flexibility index (Phi) is 4.92. The molecule has 0 N–H and O–H groups in total. The molecule has 0 fully saturated rings. The second-order valence-electron chi connectivity index (χ2n) is 4.70. The van der Waals surface area contributed by atoms with Gasteiger partial charge in [-0.2, -0.15) is 0 Å². The van der Waals surface area contributed by atoms with Gasteiger partial charge < -0.3 is 9.22 Å². The Labute approximate surface area is 109 Å². The summed E-state index contributed by atoms with van der Waals surface area (Å²) in [5.74, 6) is 7.38. The number of quaternary nitrogens is 1. The van der Waals surface area contributed by atoms with E-state index in [-0.39, 0.29) is 5.37 Å². The van der Waals surface area contributed by atoms with Gasteiger partial charge in [0.25, 0.3) is 0 Å². The first-order chi connectivity index (χ1) is 7.97. The molecule has 3 heteroatoms. The van der Waals surface area contributed by atoms with Crippen LogP contribution in [0.1, 0.15) is 5.56 Å². The monoisotopic (exact) mass is 250 g/mol. The smallest absolute Gasteiger partial charge is 0.197 e. The third kappa shape index (κ3) is 4.33. The maximum Gasteiger partial charge on any atom is 0.197 e. The zero-order valence-corrected chi connectivity index (χ0v) is 12.0. The van der Waals surface area contributed by atoms with Crippen LogP contribution < -0.4 is 4.74 Å². The molecule has 0 heterocycles. The Morgan fingerprint density at radius 2 is 1.76 bits per heavy atom. The van der Waals surface area contributed by atoms with Gasteiger partial charge in [-0.05, 0) is 36.4 Å². The highest BCUT2D eigenvalue weighted by Crippen LogP contribution is 2.15. The second kappa shape index (κ2) is 6.00. The van der Waals surface area contributed by atoms with Crippen LogP contribution in [0.5, 0.6) is 5.75 Å². The van der Waals surface area contributed by atoms with Gasteiger partial charge in [0.2, 0.25) is 0 Å². The molecule has 92 valence electrons. The lowest BCUT2D eigenvalue weighted by molar-refractivity contribution is -0.872. The summed E-state index contributed by atoms with van der Waals surface area (Å²) in [6.07, 6.45) is 2.09. The van der Waals surface area contributed by atoms with Crippen LogP contribution in [-0.2, 0) is 0 Å². The molecule has 0 spiro atoms. The lowest BCUT2D eigenvalue weighted by Gasteiger charge is -2.28. The van der Waals surface area contributed by atoms with Gasteiger partial charge in [-0.25, -0.2) is 0 Å². The summed E-state index contributed by atoms with van der Waals surface area (Å²) < 4.78 is 5.95. The van der Waals surface area contributed by atoms with Crippen molar-refractivity contribution in [2.45, 2.75) is 5.37 Å². The lowest BCUT2D eigenvalue weighted by Crippen LogP contribution is -2.42. The van der Waals surface area contributed by atoms with E-state index in [1.807, 2.05) is 24.3 Å². The first kappa shape index (κ1) is 14.0. The standard InChI is InChI=1S/C14H20NOS/c1-15(2,3)14(17-5)11-8-12-6-9-13(16-4)10-7-12/h6-7,9-10,14H,1-5H3/q+1. The van der Waals surface area contributed by atoms with Gasteiger partial charge in [0.05, 0.1) is 28.3 Å². The lowest BCUT2D eigenvalue weighted by atomic mass is 10.2. The summed E-state index contributed by atoms with van der Waals surface area (Å²) in [6, 6.07) is 7.84. The number of hydrogen-bond acceptors (Lipinski definition) is 2. The topological polar surface area (TPSA) is 9.23 Å². The normalized spacial score (nSPS) is 12.5. The summed E-state index contributed by atoms with van der Waals surface area (Å²) in [6.45, 7) is 0. The predicted molar refractivity (Wildman–Crippen MR) is 75.2 cm³/mol. The molecule has 0 saturated carbocycles. The number of benzene rings is 1. The zero-order chi connectivity index (χ0) is 12.9. The van der Waals surface area contributed by atoms with Gasteiger partial charge in [-0.1, -0.05) is 17.7 Å². The number of ether oxygens (including phenoxy) is 1. The van der Waals surface area contributed by atoms with Gasteiger partial charge in [0, 0.05) is 5.56 Å². The van der Waals surface area contributed by atoms with E-state index in [0.29, 0.717) is 0 Å². The van der Waals surface area contributed by atoms with Crippen molar-refractivity contribution in [3.05, 3.63) is 29.8 Å². The number of rotatable bonds is 3. The molecule has 0 aliphatic heterocycles. The predicted octanol–water partition coefficient (Wildman–Crippen LogP) is 2.44. The Bertz CT molecular complexity index is 409. The minimum absolute atomic E-state index is 0.289. The van der Waals surface area contributed by atoms with Crippen LogP contribution in [0.25, 0.3) is 0 Å². The van der Waals surface area contributed by atoms with E-state index in [9.17, 15) is 0 Å². The van der Waals surface area contributed by atoms with Crippen LogP contribution in [0.3, 0.4) is 0 Å². The van der Waals surface area contributed by atoms with Gasteiger partial charge in [-0.3, -0.25) is 0 Å². The van der Waals surface area contributed by atoms with Gasteiger partial charge in [0.15, 0.2) is 5.37 Å². The molecule has 1 unspecified atom stereocenters. The van der Waals surface area contributed by atoms with Crippen LogP contribution in [0.4, 0.5) is 0 Å². The molecule has 0 aliphatic carbocycles. The van der Waals surface area contributed by atoms with Gasteiger partial charge in [0.1, 0.15) is 5.75 Å². The van der Waals surface area contributed by atoms with Crippen molar-refractivity contribution in [2.75, 3.05) is 34.5 Å². The minimum Gasteiger partial charge on any atom is -0.497 e. The van der Waals surface area contributed by atoms with E-state index >= 15 is 0 Å². The van der Waals surface area contributed by atoms with Crippen molar-refractivity contribution in [3.8, 4) is 17.6 Å². The summed E-state index contributed by atoms with van der Waals surface area (Å²) in [5.41, 5.74) is 1.03. The summed E-state index contributed by atoms with van der Waals surface area (Å²) >= 11 is 1.78. The summed E-state index contributed by atoms with van der Waals surface area (Å²) in [5, 5.41) is 0.289. The van der Waals surface area contributed by atoms with Crippen molar-refractivity contribution in [3.63, 3.8) is 0 Å². The highest BCUT2D eigenvalue weighted by atomic mass is 32.2. The fourth-order valence-electron chi connectivity index (χ4n) is 1.39. The largest absolute Gasteiger partial charge is 0.497 e. The summed E-state index contributed by atoms with van der Waals surface area (Å²) in [7, 11) is 8.14. The maximum absolute atomic E-state index is 5.11. The number of hydrogen-bond donors (Lipinski definition) is 0. The fraction of sp³-hybridized carbons (Fsp3) is 0.429. The third-order valence-corrected chi connectivity index (χ3v) is 3.55. The van der Waals surface area contributed by atoms with Crippen LogP contribution in [0.2, 0.25) is 0 Å². The quantitative estimate of drug-likeness (QED) is 0.463. The average Bonchev–Trinajstić information content (AvgIpc) is 2.29. The van der Waals surface area contributed by atoms with Gasteiger partial charge in [-0.15, -0.1) is 0 Å². The highest BCUT2D eigenvalue weighted by Gasteiger charge is 2.19. The average molecular weight is 250 g/mol. The molecule has 1 rings (SSSR count). The van der Waals surface area contributed by atoms with Crippen molar-refractivity contribution in [1.29, 1.82) is 0 Å². The van der Waals surface area contributed by atoms with E-state index in [1.54, 1.807) is 18.9 Å². The molecule has 0 saturated heterocycles. The van der Waals surface area contributed by atoms with E-state index in [1.165, 1.54) is 0 Å². The minimum atomic E-state index is 0.289. The van der Waals surface area contributed by atoms with Crippen molar-refractivity contribution < 1.29 is 9.22 Å². The second-order valence-corrected chi connectivity index (χ2v) is 5.62. The van der Waals surface area contributed by atoms with Crippen LogP contribution >= 0.6 is 11.8 Å². The van der Waals surface area contributed by atoms with Crippen LogP contribution in [0, 0.1) is 11.8 Å². The molecule has 1 atom stereocenters.